The van der Waals surface area contributed by atoms with Gasteiger partial charge in [0.25, 0.3) is 0 Å². The van der Waals surface area contributed by atoms with E-state index in [1.54, 1.807) is 12.1 Å². The van der Waals surface area contributed by atoms with E-state index in [1.807, 2.05) is 0 Å². The standard InChI is InChI=1S/C19H20FNO7/c20-13-7-11(27-19-17(25)16(24)15(23)14(8-22)28-19)4-5-12(13)9-2-1-3-10(6-9)18(21)26/h1-7,14-17,19,22-25H,8H2,(H2,21,26)/t14-,15?,16+,17+,19?/m1/s1. The summed E-state index contributed by atoms with van der Waals surface area (Å²) in [7, 11) is 0. The summed E-state index contributed by atoms with van der Waals surface area (Å²) >= 11 is 0. The number of hydrogen-bond acceptors (Lipinski definition) is 7. The fourth-order valence-electron chi connectivity index (χ4n) is 2.94. The lowest BCUT2D eigenvalue weighted by atomic mass is 9.99. The van der Waals surface area contributed by atoms with Gasteiger partial charge in [-0.05, 0) is 29.8 Å². The van der Waals surface area contributed by atoms with Gasteiger partial charge in [-0.1, -0.05) is 12.1 Å². The summed E-state index contributed by atoms with van der Waals surface area (Å²) in [4.78, 5) is 11.3. The van der Waals surface area contributed by atoms with Crippen LogP contribution in [0.5, 0.6) is 5.75 Å². The number of halogens is 1. The quantitative estimate of drug-likeness (QED) is 0.472. The van der Waals surface area contributed by atoms with Crippen LogP contribution < -0.4 is 10.5 Å². The van der Waals surface area contributed by atoms with E-state index in [1.165, 1.54) is 24.3 Å². The van der Waals surface area contributed by atoms with Crippen molar-refractivity contribution < 1.29 is 39.1 Å². The fourth-order valence-corrected chi connectivity index (χ4v) is 2.94. The minimum atomic E-state index is -1.60. The molecular weight excluding hydrogens is 373 g/mol. The Hall–Kier alpha value is -2.56. The summed E-state index contributed by atoms with van der Waals surface area (Å²) in [5.41, 5.74) is 6.11. The Labute approximate surface area is 159 Å². The van der Waals surface area contributed by atoms with Gasteiger partial charge in [0, 0.05) is 17.2 Å². The number of amides is 1. The molecule has 28 heavy (non-hydrogen) atoms. The normalized spacial score (nSPS) is 27.4. The van der Waals surface area contributed by atoms with Crippen molar-refractivity contribution in [1.82, 2.24) is 0 Å². The lowest BCUT2D eigenvalue weighted by molar-refractivity contribution is -0.277. The summed E-state index contributed by atoms with van der Waals surface area (Å²) in [6.07, 6.45) is -7.27. The molecule has 1 aliphatic rings. The van der Waals surface area contributed by atoms with Gasteiger partial charge in [-0.2, -0.15) is 0 Å². The molecule has 5 atom stereocenters. The largest absolute Gasteiger partial charge is 0.462 e. The fraction of sp³-hybridized carbons (Fsp3) is 0.316. The van der Waals surface area contributed by atoms with E-state index in [0.29, 0.717) is 5.56 Å². The number of benzene rings is 2. The van der Waals surface area contributed by atoms with Crippen molar-refractivity contribution in [3.05, 3.63) is 53.8 Å². The van der Waals surface area contributed by atoms with E-state index < -0.39 is 49.0 Å². The van der Waals surface area contributed by atoms with Gasteiger partial charge in [-0.25, -0.2) is 4.39 Å². The molecule has 9 heteroatoms. The molecule has 1 aliphatic heterocycles. The Morgan fingerprint density at radius 3 is 2.50 bits per heavy atom. The zero-order valence-electron chi connectivity index (χ0n) is 14.6. The Bertz CT molecular complexity index is 860. The summed E-state index contributed by atoms with van der Waals surface area (Å²) in [6, 6.07) is 10.0. The zero-order valence-corrected chi connectivity index (χ0v) is 14.6. The monoisotopic (exact) mass is 393 g/mol. The number of carbonyl (C=O) groups is 1. The molecule has 0 radical (unpaired) electrons. The van der Waals surface area contributed by atoms with Crippen LogP contribution in [0, 0.1) is 5.82 Å². The highest BCUT2D eigenvalue weighted by Crippen LogP contribution is 2.29. The Kier molecular flexibility index (Phi) is 5.92. The van der Waals surface area contributed by atoms with Crippen LogP contribution in [-0.4, -0.2) is 63.6 Å². The second kappa shape index (κ2) is 8.21. The number of aliphatic hydroxyl groups is 4. The number of hydrogen-bond donors (Lipinski definition) is 5. The maximum Gasteiger partial charge on any atom is 0.248 e. The predicted molar refractivity (Wildman–Crippen MR) is 94.7 cm³/mol. The van der Waals surface area contributed by atoms with E-state index in [-0.39, 0.29) is 16.9 Å². The summed E-state index contributed by atoms with van der Waals surface area (Å²) in [5.74, 6) is -1.30. The second-order valence-electron chi connectivity index (χ2n) is 6.40. The van der Waals surface area contributed by atoms with Crippen LogP contribution in [0.15, 0.2) is 42.5 Å². The molecule has 2 unspecified atom stereocenters. The molecule has 1 saturated heterocycles. The van der Waals surface area contributed by atoms with Gasteiger partial charge in [0.05, 0.1) is 6.61 Å². The minimum Gasteiger partial charge on any atom is -0.462 e. The second-order valence-corrected chi connectivity index (χ2v) is 6.40. The highest BCUT2D eigenvalue weighted by atomic mass is 19.1. The first-order valence-electron chi connectivity index (χ1n) is 8.48. The molecule has 6 N–H and O–H groups in total. The van der Waals surface area contributed by atoms with E-state index in [4.69, 9.17) is 15.2 Å². The minimum absolute atomic E-state index is 0.00312. The van der Waals surface area contributed by atoms with Crippen LogP contribution in [-0.2, 0) is 4.74 Å². The van der Waals surface area contributed by atoms with Crippen LogP contribution in [0.1, 0.15) is 10.4 Å². The summed E-state index contributed by atoms with van der Waals surface area (Å²) < 4.78 is 25.2. The molecule has 150 valence electrons. The topological polar surface area (TPSA) is 142 Å². The summed E-state index contributed by atoms with van der Waals surface area (Å²) in [5, 5.41) is 38.7. The molecule has 1 heterocycles. The Balaban J connectivity index is 1.81. The van der Waals surface area contributed by atoms with E-state index in [0.717, 1.165) is 6.07 Å². The number of ether oxygens (including phenoxy) is 2. The molecule has 3 rings (SSSR count). The van der Waals surface area contributed by atoms with Crippen LogP contribution in [0.3, 0.4) is 0 Å². The third kappa shape index (κ3) is 3.98. The van der Waals surface area contributed by atoms with Crippen molar-refractivity contribution in [2.24, 2.45) is 5.73 Å². The molecule has 0 aliphatic carbocycles. The number of carbonyl (C=O) groups excluding carboxylic acids is 1. The smallest absolute Gasteiger partial charge is 0.248 e. The Morgan fingerprint density at radius 2 is 1.86 bits per heavy atom. The van der Waals surface area contributed by atoms with Crippen LogP contribution >= 0.6 is 0 Å². The molecule has 0 saturated carbocycles. The van der Waals surface area contributed by atoms with Gasteiger partial charge in [-0.15, -0.1) is 0 Å². The predicted octanol–water partition coefficient (Wildman–Crippen LogP) is -0.230. The van der Waals surface area contributed by atoms with Gasteiger partial charge in [0.2, 0.25) is 12.2 Å². The maximum absolute atomic E-state index is 14.6. The Morgan fingerprint density at radius 1 is 1.11 bits per heavy atom. The van der Waals surface area contributed by atoms with Crippen molar-refractivity contribution in [3.8, 4) is 16.9 Å². The average molecular weight is 393 g/mol. The first kappa shape index (κ1) is 20.2. The van der Waals surface area contributed by atoms with Crippen molar-refractivity contribution in [2.75, 3.05) is 6.61 Å². The van der Waals surface area contributed by atoms with Crippen molar-refractivity contribution in [1.29, 1.82) is 0 Å². The summed E-state index contributed by atoms with van der Waals surface area (Å²) in [6.45, 7) is -0.603. The molecular formula is C19H20FNO7. The maximum atomic E-state index is 14.6. The molecule has 1 amide bonds. The third-order valence-corrected chi connectivity index (χ3v) is 4.50. The SMILES string of the molecule is NC(=O)c1cccc(-c2ccc(OC3O[C@H](CO)C(O)[C@H](O)[C@@H]3O)cc2F)c1. The first-order chi connectivity index (χ1) is 13.3. The molecule has 2 aromatic rings. The number of rotatable bonds is 5. The zero-order chi connectivity index (χ0) is 20.4. The molecule has 0 spiro atoms. The van der Waals surface area contributed by atoms with Gasteiger partial charge in [0.15, 0.2) is 0 Å². The van der Waals surface area contributed by atoms with E-state index in [2.05, 4.69) is 0 Å². The van der Waals surface area contributed by atoms with Crippen molar-refractivity contribution in [2.45, 2.75) is 30.7 Å². The number of aliphatic hydroxyl groups excluding tert-OH is 4. The molecule has 0 aromatic heterocycles. The van der Waals surface area contributed by atoms with Crippen LogP contribution in [0.4, 0.5) is 4.39 Å². The van der Waals surface area contributed by atoms with E-state index >= 15 is 0 Å². The molecule has 1 fully saturated rings. The third-order valence-electron chi connectivity index (χ3n) is 4.50. The highest BCUT2D eigenvalue weighted by Gasteiger charge is 2.44. The van der Waals surface area contributed by atoms with Crippen molar-refractivity contribution in [3.63, 3.8) is 0 Å². The van der Waals surface area contributed by atoms with Gasteiger partial charge in [-0.3, -0.25) is 4.79 Å². The van der Waals surface area contributed by atoms with E-state index in [9.17, 15) is 29.6 Å². The van der Waals surface area contributed by atoms with Gasteiger partial charge < -0.3 is 35.6 Å². The van der Waals surface area contributed by atoms with Gasteiger partial charge in [0.1, 0.15) is 36.0 Å². The number of nitrogens with two attached hydrogens (primary N) is 1. The molecule has 2 aromatic carbocycles. The van der Waals surface area contributed by atoms with Crippen LogP contribution in [0.2, 0.25) is 0 Å². The molecule has 8 nitrogen and oxygen atoms in total. The first-order valence-corrected chi connectivity index (χ1v) is 8.48. The van der Waals surface area contributed by atoms with Gasteiger partial charge >= 0.3 is 0 Å². The lowest BCUT2D eigenvalue weighted by Gasteiger charge is -2.39. The van der Waals surface area contributed by atoms with Crippen molar-refractivity contribution >= 4 is 5.91 Å². The lowest BCUT2D eigenvalue weighted by Crippen LogP contribution is -2.60. The number of primary amides is 1. The highest BCUT2D eigenvalue weighted by molar-refractivity contribution is 5.94. The molecule has 0 bridgehead atoms. The van der Waals surface area contributed by atoms with Crippen LogP contribution in [0.25, 0.3) is 11.1 Å². The average Bonchev–Trinajstić information content (AvgIpc) is 2.68.